The van der Waals surface area contributed by atoms with Gasteiger partial charge in [-0.1, -0.05) is 77.6 Å². The maximum absolute atomic E-state index is 12.6. The highest BCUT2D eigenvalue weighted by atomic mass is 16.8. The Balaban J connectivity index is 2.60. The quantitative estimate of drug-likeness (QED) is 0.124. The van der Waals surface area contributed by atoms with Gasteiger partial charge >= 0.3 is 41.9 Å². The zero-order valence-electron chi connectivity index (χ0n) is 22.0. The minimum Gasteiger partial charge on any atom is -0.457 e. The highest BCUT2D eigenvalue weighted by Crippen LogP contribution is 2.27. The van der Waals surface area contributed by atoms with Crippen molar-refractivity contribution < 1.29 is 47.7 Å². The Labute approximate surface area is 213 Å². The number of carbonyl (C=O) groups excluding carboxylic acids is 5. The Morgan fingerprint density at radius 1 is 0.778 bits per heavy atom. The molecule has 0 aromatic heterocycles. The van der Waals surface area contributed by atoms with Gasteiger partial charge in [-0.3, -0.25) is 24.0 Å². The predicted molar refractivity (Wildman–Crippen MR) is 128 cm³/mol. The van der Waals surface area contributed by atoms with Gasteiger partial charge < -0.3 is 23.7 Å². The van der Waals surface area contributed by atoms with Crippen molar-refractivity contribution in [3.05, 3.63) is 0 Å². The lowest BCUT2D eigenvalue weighted by Crippen LogP contribution is -2.56. The molecular formula is C26H42O10. The highest BCUT2D eigenvalue weighted by Gasteiger charge is 2.53. The summed E-state index contributed by atoms with van der Waals surface area (Å²) in [6.07, 6.45) is 10.9. The second kappa shape index (κ2) is 17.7. The fourth-order valence-electron chi connectivity index (χ4n) is 3.83. The van der Waals surface area contributed by atoms with Gasteiger partial charge in [0.05, 0.1) is 12.8 Å². The van der Waals surface area contributed by atoms with Gasteiger partial charge in [-0.15, -0.1) is 0 Å². The van der Waals surface area contributed by atoms with Crippen molar-refractivity contribution in [2.45, 2.75) is 129 Å². The Morgan fingerprint density at radius 3 is 1.83 bits per heavy atom. The first-order valence-corrected chi connectivity index (χ1v) is 13.1. The van der Waals surface area contributed by atoms with Crippen molar-refractivity contribution in [3.8, 4) is 0 Å². The maximum atomic E-state index is 12.6. The van der Waals surface area contributed by atoms with Crippen LogP contribution in [0.5, 0.6) is 0 Å². The molecule has 0 saturated carbocycles. The molecule has 1 saturated heterocycles. The fourth-order valence-corrected chi connectivity index (χ4v) is 3.83. The number of ether oxygens (including phenoxy) is 5. The monoisotopic (exact) mass is 514 g/mol. The summed E-state index contributed by atoms with van der Waals surface area (Å²) in [5, 5.41) is 0. The van der Waals surface area contributed by atoms with E-state index in [1.165, 1.54) is 44.9 Å². The number of rotatable bonds is 16. The van der Waals surface area contributed by atoms with Crippen LogP contribution in [0.4, 0.5) is 0 Å². The molecule has 10 nitrogen and oxygen atoms in total. The van der Waals surface area contributed by atoms with E-state index in [1.807, 2.05) is 0 Å². The van der Waals surface area contributed by atoms with Crippen molar-refractivity contribution in [1.82, 2.24) is 0 Å². The standard InChI is InChI=1S/C26H42O10/c1-4-5-6-7-8-9-10-11-12-13-14-15-16-24(31)36-26(35-21(3)28)19-32-22(29)17-18-23(30)34-25(26)33-20(2)27/h25H,4-19H2,1-3H3. The van der Waals surface area contributed by atoms with Crippen molar-refractivity contribution in [2.24, 2.45) is 0 Å². The van der Waals surface area contributed by atoms with Crippen LogP contribution in [0.15, 0.2) is 0 Å². The topological polar surface area (TPSA) is 132 Å². The van der Waals surface area contributed by atoms with Crippen molar-refractivity contribution >= 4 is 29.8 Å². The molecule has 0 aliphatic carbocycles. The molecule has 1 heterocycles. The molecule has 2 atom stereocenters. The summed E-state index contributed by atoms with van der Waals surface area (Å²) in [5.74, 6) is -6.71. The average molecular weight is 515 g/mol. The Bertz CT molecular complexity index is 720. The summed E-state index contributed by atoms with van der Waals surface area (Å²) in [6.45, 7) is 3.49. The van der Waals surface area contributed by atoms with Gasteiger partial charge in [0, 0.05) is 20.3 Å². The van der Waals surface area contributed by atoms with Crippen LogP contribution in [0.3, 0.4) is 0 Å². The second-order valence-electron chi connectivity index (χ2n) is 9.11. The molecule has 0 radical (unpaired) electrons. The molecule has 1 rings (SSSR count). The van der Waals surface area contributed by atoms with Gasteiger partial charge in [-0.2, -0.15) is 0 Å². The Morgan fingerprint density at radius 2 is 1.31 bits per heavy atom. The van der Waals surface area contributed by atoms with Crippen LogP contribution in [0.2, 0.25) is 0 Å². The lowest BCUT2D eigenvalue weighted by atomic mass is 10.0. The van der Waals surface area contributed by atoms with Gasteiger partial charge in [0.2, 0.25) is 0 Å². The van der Waals surface area contributed by atoms with E-state index in [1.54, 1.807) is 0 Å². The summed E-state index contributed by atoms with van der Waals surface area (Å²) >= 11 is 0. The van der Waals surface area contributed by atoms with E-state index >= 15 is 0 Å². The van der Waals surface area contributed by atoms with Crippen molar-refractivity contribution in [1.29, 1.82) is 0 Å². The first kappa shape index (κ1) is 31.4. The number of unbranched alkanes of at least 4 members (excludes halogenated alkanes) is 11. The number of hydrogen-bond acceptors (Lipinski definition) is 10. The molecule has 0 aromatic carbocycles. The van der Waals surface area contributed by atoms with Crippen LogP contribution in [-0.4, -0.2) is 48.5 Å². The van der Waals surface area contributed by atoms with Gasteiger partial charge in [-0.05, 0) is 6.42 Å². The maximum Gasteiger partial charge on any atom is 0.366 e. The molecule has 1 aliphatic rings. The summed E-state index contributed by atoms with van der Waals surface area (Å²) in [4.78, 5) is 60.0. The molecule has 1 fully saturated rings. The third kappa shape index (κ3) is 13.4. The van der Waals surface area contributed by atoms with Crippen LogP contribution in [0, 0.1) is 0 Å². The molecule has 0 N–H and O–H groups in total. The fraction of sp³-hybridized carbons (Fsp3) is 0.808. The minimum atomic E-state index is -2.44. The number of cyclic esters (lactones) is 2. The van der Waals surface area contributed by atoms with Crippen LogP contribution in [0.25, 0.3) is 0 Å². The van der Waals surface area contributed by atoms with Gasteiger partial charge in [0.15, 0.2) is 6.61 Å². The van der Waals surface area contributed by atoms with E-state index in [4.69, 9.17) is 23.7 Å². The summed E-state index contributed by atoms with van der Waals surface area (Å²) < 4.78 is 25.7. The summed E-state index contributed by atoms with van der Waals surface area (Å²) in [5.41, 5.74) is 0. The summed E-state index contributed by atoms with van der Waals surface area (Å²) in [6, 6.07) is 0. The largest absolute Gasteiger partial charge is 0.457 e. The number of esters is 5. The molecular weight excluding hydrogens is 472 g/mol. The SMILES string of the molecule is CCCCCCCCCCCCCCC(=O)OC1(OC(C)=O)COC(=O)CCC(=O)OC1OC(C)=O. The normalized spacial score (nSPS) is 20.2. The van der Waals surface area contributed by atoms with Crippen molar-refractivity contribution in [3.63, 3.8) is 0 Å². The molecule has 2 unspecified atom stereocenters. The van der Waals surface area contributed by atoms with E-state index in [2.05, 4.69) is 6.92 Å². The summed E-state index contributed by atoms with van der Waals surface area (Å²) in [7, 11) is 0. The molecule has 0 aromatic rings. The molecule has 0 amide bonds. The number of carbonyl (C=O) groups is 5. The average Bonchev–Trinajstić information content (AvgIpc) is 2.85. The molecule has 36 heavy (non-hydrogen) atoms. The Kier molecular flexibility index (Phi) is 15.5. The zero-order chi connectivity index (χ0) is 26.8. The lowest BCUT2D eigenvalue weighted by Gasteiger charge is -2.35. The van der Waals surface area contributed by atoms with E-state index < -0.39 is 48.5 Å². The van der Waals surface area contributed by atoms with Crippen molar-refractivity contribution in [2.75, 3.05) is 6.61 Å². The third-order valence-electron chi connectivity index (χ3n) is 5.68. The lowest BCUT2D eigenvalue weighted by molar-refractivity contribution is -0.320. The highest BCUT2D eigenvalue weighted by molar-refractivity contribution is 5.78. The van der Waals surface area contributed by atoms with E-state index in [-0.39, 0.29) is 19.3 Å². The second-order valence-corrected chi connectivity index (χ2v) is 9.11. The predicted octanol–water partition coefficient (Wildman–Crippen LogP) is 4.65. The van der Waals surface area contributed by atoms with E-state index in [0.29, 0.717) is 6.42 Å². The molecule has 206 valence electrons. The third-order valence-corrected chi connectivity index (χ3v) is 5.68. The molecule has 10 heteroatoms. The first-order chi connectivity index (χ1) is 17.2. The molecule has 0 bridgehead atoms. The minimum absolute atomic E-state index is 0.00483. The van der Waals surface area contributed by atoms with Gasteiger partial charge in [-0.25, -0.2) is 0 Å². The smallest absolute Gasteiger partial charge is 0.366 e. The molecule has 0 spiro atoms. The van der Waals surface area contributed by atoms with Crippen LogP contribution >= 0.6 is 0 Å². The Hall–Kier alpha value is -2.65. The van der Waals surface area contributed by atoms with E-state index in [0.717, 1.165) is 39.5 Å². The van der Waals surface area contributed by atoms with Gasteiger partial charge in [0.1, 0.15) is 0 Å². The molecule has 1 aliphatic heterocycles. The van der Waals surface area contributed by atoms with Gasteiger partial charge in [0.25, 0.3) is 0 Å². The zero-order valence-corrected chi connectivity index (χ0v) is 22.0. The van der Waals surface area contributed by atoms with Crippen LogP contribution < -0.4 is 0 Å². The van der Waals surface area contributed by atoms with Crippen LogP contribution in [-0.2, 0) is 47.7 Å². The van der Waals surface area contributed by atoms with E-state index in [9.17, 15) is 24.0 Å². The first-order valence-electron chi connectivity index (χ1n) is 13.1. The van der Waals surface area contributed by atoms with Crippen LogP contribution in [0.1, 0.15) is 117 Å². The number of hydrogen-bond donors (Lipinski definition) is 0.